The molecule has 2 aromatic carbocycles. The minimum absolute atomic E-state index is 0.175. The van der Waals surface area contributed by atoms with E-state index < -0.39 is 9.84 Å². The molecule has 0 aliphatic heterocycles. The molecular formula is C20H25NO4S. The van der Waals surface area contributed by atoms with E-state index in [1.165, 1.54) is 6.26 Å². The monoisotopic (exact) mass is 375 g/mol. The summed E-state index contributed by atoms with van der Waals surface area (Å²) in [4.78, 5) is 12.8. The van der Waals surface area contributed by atoms with Crippen molar-refractivity contribution in [3.8, 4) is 5.75 Å². The first kappa shape index (κ1) is 20.0. The van der Waals surface area contributed by atoms with Crippen LogP contribution in [0, 0.1) is 0 Å². The number of hydrogen-bond acceptors (Lipinski definition) is 4. The van der Waals surface area contributed by atoms with E-state index in [9.17, 15) is 13.2 Å². The van der Waals surface area contributed by atoms with Gasteiger partial charge in [-0.15, -0.1) is 0 Å². The van der Waals surface area contributed by atoms with E-state index in [-0.39, 0.29) is 16.8 Å². The second-order valence-electron chi connectivity index (χ2n) is 6.15. The normalized spacial score (nSPS) is 12.4. The lowest BCUT2D eigenvalue weighted by Crippen LogP contribution is -2.28. The largest absolute Gasteiger partial charge is 0.494 e. The number of amides is 1. The Balaban J connectivity index is 2.08. The number of hydrogen-bond donors (Lipinski definition) is 1. The minimum Gasteiger partial charge on any atom is -0.494 e. The van der Waals surface area contributed by atoms with E-state index in [2.05, 4.69) is 5.32 Å². The van der Waals surface area contributed by atoms with Gasteiger partial charge in [-0.05, 0) is 54.8 Å². The first-order valence-corrected chi connectivity index (χ1v) is 10.6. The zero-order valence-electron chi connectivity index (χ0n) is 15.4. The fourth-order valence-electron chi connectivity index (χ4n) is 2.53. The summed E-state index contributed by atoms with van der Waals surface area (Å²) in [6.07, 6.45) is 2.80. The standard InChI is InChI=1S/C20H25NO4S/c1-4-14-25-17-10-6-16(7-11-17)20(22)21-19(5-2)15-8-12-18(13-9-15)26(3,23)24/h6-13,19H,4-5,14H2,1-3H3,(H,21,22)/t19-/m0/s1. The van der Waals surface area contributed by atoms with Crippen LogP contribution in [0.5, 0.6) is 5.75 Å². The van der Waals surface area contributed by atoms with Gasteiger partial charge in [0.15, 0.2) is 9.84 Å². The number of nitrogens with one attached hydrogen (secondary N) is 1. The van der Waals surface area contributed by atoms with E-state index in [1.807, 2.05) is 13.8 Å². The van der Waals surface area contributed by atoms with Crippen LogP contribution in [0.1, 0.15) is 48.7 Å². The van der Waals surface area contributed by atoms with Gasteiger partial charge in [-0.1, -0.05) is 26.0 Å². The molecule has 140 valence electrons. The highest BCUT2D eigenvalue weighted by Crippen LogP contribution is 2.20. The number of benzene rings is 2. The van der Waals surface area contributed by atoms with Crippen LogP contribution in [0.4, 0.5) is 0 Å². The maximum Gasteiger partial charge on any atom is 0.251 e. The molecule has 0 saturated heterocycles. The third kappa shape index (κ3) is 5.33. The predicted octanol–water partition coefficient (Wildman–Crippen LogP) is 3.76. The van der Waals surface area contributed by atoms with Gasteiger partial charge in [0.2, 0.25) is 0 Å². The molecule has 2 aromatic rings. The Bertz CT molecular complexity index is 827. The summed E-state index contributed by atoms with van der Waals surface area (Å²) in [6, 6.07) is 13.5. The van der Waals surface area contributed by atoms with Crippen molar-refractivity contribution in [3.05, 3.63) is 59.7 Å². The molecule has 1 N–H and O–H groups in total. The van der Waals surface area contributed by atoms with E-state index in [0.29, 0.717) is 18.6 Å². The first-order chi connectivity index (χ1) is 12.3. The van der Waals surface area contributed by atoms with Crippen molar-refractivity contribution in [3.63, 3.8) is 0 Å². The summed E-state index contributed by atoms with van der Waals surface area (Å²) in [5.41, 5.74) is 1.43. The van der Waals surface area contributed by atoms with E-state index >= 15 is 0 Å². The lowest BCUT2D eigenvalue weighted by atomic mass is 10.0. The summed E-state index contributed by atoms with van der Waals surface area (Å²) in [5, 5.41) is 2.99. The van der Waals surface area contributed by atoms with Crippen molar-refractivity contribution in [2.24, 2.45) is 0 Å². The molecule has 1 amide bonds. The van der Waals surface area contributed by atoms with Crippen LogP contribution in [0.15, 0.2) is 53.4 Å². The van der Waals surface area contributed by atoms with Crippen molar-refractivity contribution >= 4 is 15.7 Å². The average molecular weight is 375 g/mol. The highest BCUT2D eigenvalue weighted by Gasteiger charge is 2.15. The summed E-state index contributed by atoms with van der Waals surface area (Å²) in [5.74, 6) is 0.567. The number of carbonyl (C=O) groups excluding carboxylic acids is 1. The lowest BCUT2D eigenvalue weighted by Gasteiger charge is -2.18. The molecule has 0 aliphatic carbocycles. The van der Waals surface area contributed by atoms with E-state index in [1.54, 1.807) is 48.5 Å². The number of sulfone groups is 1. The van der Waals surface area contributed by atoms with Crippen LogP contribution in [0.25, 0.3) is 0 Å². The van der Waals surface area contributed by atoms with Crippen LogP contribution in [-0.4, -0.2) is 27.2 Å². The molecule has 0 heterocycles. The Labute approximate surface area is 155 Å². The molecule has 5 nitrogen and oxygen atoms in total. The lowest BCUT2D eigenvalue weighted by molar-refractivity contribution is 0.0935. The van der Waals surface area contributed by atoms with Gasteiger partial charge in [0.25, 0.3) is 5.91 Å². The van der Waals surface area contributed by atoms with Crippen LogP contribution in [-0.2, 0) is 9.84 Å². The topological polar surface area (TPSA) is 72.5 Å². The molecule has 0 unspecified atom stereocenters. The molecular weight excluding hydrogens is 350 g/mol. The SMILES string of the molecule is CCCOc1ccc(C(=O)N[C@@H](CC)c2ccc(S(C)(=O)=O)cc2)cc1. The Morgan fingerprint density at radius 2 is 1.65 bits per heavy atom. The van der Waals surface area contributed by atoms with Gasteiger partial charge in [0.1, 0.15) is 5.75 Å². The van der Waals surface area contributed by atoms with Gasteiger partial charge in [-0.2, -0.15) is 0 Å². The summed E-state index contributed by atoms with van der Waals surface area (Å²) >= 11 is 0. The molecule has 0 bridgehead atoms. The summed E-state index contributed by atoms with van der Waals surface area (Å²) < 4.78 is 28.6. The molecule has 6 heteroatoms. The highest BCUT2D eigenvalue weighted by atomic mass is 32.2. The van der Waals surface area contributed by atoms with Crippen molar-refractivity contribution in [1.82, 2.24) is 5.32 Å². The maximum atomic E-state index is 12.5. The van der Waals surface area contributed by atoms with Gasteiger partial charge in [-0.25, -0.2) is 8.42 Å². The maximum absolute atomic E-state index is 12.5. The smallest absolute Gasteiger partial charge is 0.251 e. The first-order valence-electron chi connectivity index (χ1n) is 8.69. The van der Waals surface area contributed by atoms with Gasteiger partial charge in [0, 0.05) is 11.8 Å². The second kappa shape index (κ2) is 8.85. The van der Waals surface area contributed by atoms with Crippen LogP contribution >= 0.6 is 0 Å². The average Bonchev–Trinajstić information content (AvgIpc) is 2.64. The summed E-state index contributed by atoms with van der Waals surface area (Å²) in [6.45, 7) is 4.65. The molecule has 1 atom stereocenters. The van der Waals surface area contributed by atoms with Gasteiger partial charge < -0.3 is 10.1 Å². The van der Waals surface area contributed by atoms with Gasteiger partial charge >= 0.3 is 0 Å². The fourth-order valence-corrected chi connectivity index (χ4v) is 3.16. The molecule has 0 saturated carbocycles. The van der Waals surface area contributed by atoms with Gasteiger partial charge in [-0.3, -0.25) is 4.79 Å². The molecule has 0 aromatic heterocycles. The Morgan fingerprint density at radius 1 is 1.04 bits per heavy atom. The molecule has 26 heavy (non-hydrogen) atoms. The van der Waals surface area contributed by atoms with Crippen molar-refractivity contribution < 1.29 is 17.9 Å². The predicted molar refractivity (Wildman–Crippen MR) is 102 cm³/mol. The van der Waals surface area contributed by atoms with Crippen molar-refractivity contribution in [1.29, 1.82) is 0 Å². The zero-order valence-corrected chi connectivity index (χ0v) is 16.2. The molecule has 2 rings (SSSR count). The fraction of sp³-hybridized carbons (Fsp3) is 0.350. The summed E-state index contributed by atoms with van der Waals surface area (Å²) in [7, 11) is -3.23. The zero-order chi connectivity index (χ0) is 19.2. The van der Waals surface area contributed by atoms with E-state index in [4.69, 9.17) is 4.74 Å². The number of ether oxygens (including phenoxy) is 1. The third-order valence-electron chi connectivity index (χ3n) is 4.01. The Morgan fingerprint density at radius 3 is 2.15 bits per heavy atom. The Hall–Kier alpha value is -2.34. The van der Waals surface area contributed by atoms with Crippen LogP contribution < -0.4 is 10.1 Å². The Kier molecular flexibility index (Phi) is 6.80. The minimum atomic E-state index is -3.23. The van der Waals surface area contributed by atoms with Crippen LogP contribution in [0.2, 0.25) is 0 Å². The molecule has 0 fully saturated rings. The molecule has 0 spiro atoms. The molecule has 0 radical (unpaired) electrons. The third-order valence-corrected chi connectivity index (χ3v) is 5.14. The molecule has 0 aliphatic rings. The highest BCUT2D eigenvalue weighted by molar-refractivity contribution is 7.90. The second-order valence-corrected chi connectivity index (χ2v) is 8.16. The van der Waals surface area contributed by atoms with E-state index in [0.717, 1.165) is 17.7 Å². The quantitative estimate of drug-likeness (QED) is 0.762. The number of carbonyl (C=O) groups is 1. The number of rotatable bonds is 8. The van der Waals surface area contributed by atoms with Crippen LogP contribution in [0.3, 0.4) is 0 Å². The van der Waals surface area contributed by atoms with Crippen molar-refractivity contribution in [2.75, 3.05) is 12.9 Å². The van der Waals surface area contributed by atoms with Gasteiger partial charge in [0.05, 0.1) is 17.5 Å². The van der Waals surface area contributed by atoms with Crippen molar-refractivity contribution in [2.45, 2.75) is 37.6 Å².